The fourth-order valence-electron chi connectivity index (χ4n) is 3.54. The molecule has 3 aromatic carbocycles. The number of hydrogen-bond donors (Lipinski definition) is 1. The predicted molar refractivity (Wildman–Crippen MR) is 118 cm³/mol. The number of aromatic nitrogens is 2. The number of ketones is 1. The van der Waals surface area contributed by atoms with Gasteiger partial charge in [0, 0.05) is 18.5 Å². The van der Waals surface area contributed by atoms with Gasteiger partial charge in [0.15, 0.2) is 5.78 Å². The van der Waals surface area contributed by atoms with Crippen LogP contribution in [0.1, 0.15) is 33.0 Å². The lowest BCUT2D eigenvalue weighted by atomic mass is 10.1. The number of carbonyl (C=O) groups excluding carboxylic acids is 2. The Balaban J connectivity index is 1.45. The first-order chi connectivity index (χ1) is 15.1. The molecule has 0 bridgehead atoms. The van der Waals surface area contributed by atoms with Crippen LogP contribution in [0.15, 0.2) is 78.9 Å². The first kappa shape index (κ1) is 20.5. The molecule has 5 nitrogen and oxygen atoms in total. The molecule has 0 saturated carbocycles. The number of nitrogens with one attached hydrogen (secondary N) is 1. The van der Waals surface area contributed by atoms with Gasteiger partial charge in [0.25, 0.3) is 5.91 Å². The lowest BCUT2D eigenvalue weighted by Gasteiger charge is -2.10. The maximum atomic E-state index is 13.7. The van der Waals surface area contributed by atoms with Crippen molar-refractivity contribution < 1.29 is 14.0 Å². The largest absolute Gasteiger partial charge is 0.352 e. The van der Waals surface area contributed by atoms with Crippen molar-refractivity contribution in [3.05, 3.63) is 102 Å². The minimum atomic E-state index is -0.541. The van der Waals surface area contributed by atoms with Gasteiger partial charge in [-0.05, 0) is 30.7 Å². The molecule has 1 aromatic heterocycles. The Hall–Kier alpha value is -3.80. The molecular weight excluding hydrogens is 393 g/mol. The molecule has 0 aliphatic heterocycles. The molecule has 6 heteroatoms. The Labute approximate surface area is 179 Å². The molecule has 0 atom stereocenters. The standard InChI is InChI=1S/C25H22FN3O2/c26-20-12-5-4-11-19(20)25(31)27-16-8-15-24-28-21-13-6-7-14-22(21)29(24)17-23(30)18-9-2-1-3-10-18/h1-7,9-14H,8,15-17H2,(H,27,31). The van der Waals surface area contributed by atoms with E-state index in [1.54, 1.807) is 24.3 Å². The van der Waals surface area contributed by atoms with Crippen LogP contribution in [0.5, 0.6) is 0 Å². The summed E-state index contributed by atoms with van der Waals surface area (Å²) in [5, 5.41) is 2.75. The van der Waals surface area contributed by atoms with Gasteiger partial charge in [0.05, 0.1) is 23.1 Å². The minimum absolute atomic E-state index is 0.0119. The molecule has 0 saturated heterocycles. The van der Waals surface area contributed by atoms with E-state index in [9.17, 15) is 14.0 Å². The van der Waals surface area contributed by atoms with E-state index in [-0.39, 0.29) is 17.9 Å². The van der Waals surface area contributed by atoms with Crippen LogP contribution in [-0.4, -0.2) is 27.8 Å². The third-order valence-corrected chi connectivity index (χ3v) is 5.11. The number of fused-ring (bicyclic) bond motifs is 1. The van der Waals surface area contributed by atoms with Gasteiger partial charge >= 0.3 is 0 Å². The van der Waals surface area contributed by atoms with Crippen LogP contribution in [0.2, 0.25) is 0 Å². The third kappa shape index (κ3) is 4.69. The summed E-state index contributed by atoms with van der Waals surface area (Å²) in [7, 11) is 0. The summed E-state index contributed by atoms with van der Waals surface area (Å²) < 4.78 is 15.7. The number of hydrogen-bond acceptors (Lipinski definition) is 3. The minimum Gasteiger partial charge on any atom is -0.352 e. The highest BCUT2D eigenvalue weighted by Gasteiger charge is 2.15. The number of carbonyl (C=O) groups is 2. The lowest BCUT2D eigenvalue weighted by Crippen LogP contribution is -2.26. The van der Waals surface area contributed by atoms with Crippen LogP contribution < -0.4 is 5.32 Å². The molecule has 1 heterocycles. The van der Waals surface area contributed by atoms with E-state index >= 15 is 0 Å². The van der Waals surface area contributed by atoms with E-state index in [2.05, 4.69) is 10.3 Å². The molecule has 0 aliphatic carbocycles. The fourth-order valence-corrected chi connectivity index (χ4v) is 3.54. The van der Waals surface area contributed by atoms with Crippen molar-refractivity contribution in [1.82, 2.24) is 14.9 Å². The van der Waals surface area contributed by atoms with Crippen molar-refractivity contribution in [1.29, 1.82) is 0 Å². The zero-order chi connectivity index (χ0) is 21.6. The van der Waals surface area contributed by atoms with Gasteiger partial charge in [-0.2, -0.15) is 0 Å². The van der Waals surface area contributed by atoms with Gasteiger partial charge in [-0.25, -0.2) is 9.37 Å². The molecule has 4 aromatic rings. The summed E-state index contributed by atoms with van der Waals surface area (Å²) in [5.41, 5.74) is 2.41. The van der Waals surface area contributed by atoms with Crippen molar-refractivity contribution in [3.63, 3.8) is 0 Å². The van der Waals surface area contributed by atoms with Crippen LogP contribution in [-0.2, 0) is 13.0 Å². The number of benzene rings is 3. The Morgan fingerprint density at radius 1 is 0.903 bits per heavy atom. The molecule has 1 amide bonds. The first-order valence-electron chi connectivity index (χ1n) is 10.2. The van der Waals surface area contributed by atoms with E-state index < -0.39 is 11.7 Å². The third-order valence-electron chi connectivity index (χ3n) is 5.11. The molecule has 4 rings (SSSR count). The quantitative estimate of drug-likeness (QED) is 0.342. The van der Waals surface area contributed by atoms with Crippen molar-refractivity contribution in [2.75, 3.05) is 6.54 Å². The Morgan fingerprint density at radius 2 is 1.61 bits per heavy atom. The van der Waals surface area contributed by atoms with Gasteiger partial charge < -0.3 is 9.88 Å². The maximum Gasteiger partial charge on any atom is 0.254 e. The topological polar surface area (TPSA) is 64.0 Å². The second-order valence-corrected chi connectivity index (χ2v) is 7.23. The highest BCUT2D eigenvalue weighted by molar-refractivity contribution is 5.96. The van der Waals surface area contributed by atoms with Crippen molar-refractivity contribution >= 4 is 22.7 Å². The number of amides is 1. The summed E-state index contributed by atoms with van der Waals surface area (Å²) in [5.74, 6) is -0.185. The molecule has 156 valence electrons. The van der Waals surface area contributed by atoms with E-state index in [1.165, 1.54) is 12.1 Å². The average Bonchev–Trinajstić information content (AvgIpc) is 3.14. The van der Waals surface area contributed by atoms with Crippen molar-refractivity contribution in [3.8, 4) is 0 Å². The molecule has 0 fully saturated rings. The van der Waals surface area contributed by atoms with Gasteiger partial charge in [-0.1, -0.05) is 54.6 Å². The number of nitrogens with zero attached hydrogens (tertiary/aromatic N) is 2. The van der Waals surface area contributed by atoms with Crippen LogP contribution in [0.25, 0.3) is 11.0 Å². The fraction of sp³-hybridized carbons (Fsp3) is 0.160. The zero-order valence-corrected chi connectivity index (χ0v) is 16.9. The first-order valence-corrected chi connectivity index (χ1v) is 10.2. The maximum absolute atomic E-state index is 13.7. The van der Waals surface area contributed by atoms with Gasteiger partial charge in [-0.3, -0.25) is 9.59 Å². The van der Waals surface area contributed by atoms with E-state index in [0.717, 1.165) is 16.9 Å². The molecule has 1 N–H and O–H groups in total. The number of imidazole rings is 1. The zero-order valence-electron chi connectivity index (χ0n) is 16.9. The number of para-hydroxylation sites is 2. The summed E-state index contributed by atoms with van der Waals surface area (Å²) in [4.78, 5) is 29.6. The summed E-state index contributed by atoms with van der Waals surface area (Å²) in [6.45, 7) is 0.574. The van der Waals surface area contributed by atoms with E-state index in [4.69, 9.17) is 0 Å². The van der Waals surface area contributed by atoms with Crippen molar-refractivity contribution in [2.45, 2.75) is 19.4 Å². The highest BCUT2D eigenvalue weighted by Crippen LogP contribution is 2.18. The lowest BCUT2D eigenvalue weighted by molar-refractivity contribution is 0.0947. The van der Waals surface area contributed by atoms with Crippen LogP contribution >= 0.6 is 0 Å². The van der Waals surface area contributed by atoms with Crippen LogP contribution in [0.3, 0.4) is 0 Å². The Kier molecular flexibility index (Phi) is 6.17. The molecule has 0 unspecified atom stereocenters. The summed E-state index contributed by atoms with van der Waals surface area (Å²) in [6, 6.07) is 22.8. The van der Waals surface area contributed by atoms with Crippen LogP contribution in [0, 0.1) is 5.82 Å². The SMILES string of the molecule is O=C(Cn1c(CCCNC(=O)c2ccccc2F)nc2ccccc21)c1ccccc1. The Morgan fingerprint density at radius 3 is 2.42 bits per heavy atom. The molecule has 0 radical (unpaired) electrons. The van der Waals surface area contributed by atoms with Crippen molar-refractivity contribution in [2.24, 2.45) is 0 Å². The molecule has 0 spiro atoms. The molecule has 31 heavy (non-hydrogen) atoms. The highest BCUT2D eigenvalue weighted by atomic mass is 19.1. The molecular formula is C25H22FN3O2. The number of halogens is 1. The number of Topliss-reactive ketones (excluding diaryl/α,β-unsaturated/α-hetero) is 1. The van der Waals surface area contributed by atoms with Crippen LogP contribution in [0.4, 0.5) is 4.39 Å². The predicted octanol–water partition coefficient (Wildman–Crippen LogP) is 4.42. The average molecular weight is 415 g/mol. The second kappa shape index (κ2) is 9.34. The van der Waals surface area contributed by atoms with Gasteiger partial charge in [0.2, 0.25) is 0 Å². The number of rotatable bonds is 8. The van der Waals surface area contributed by atoms with Gasteiger partial charge in [0.1, 0.15) is 11.6 Å². The van der Waals surface area contributed by atoms with Gasteiger partial charge in [-0.15, -0.1) is 0 Å². The second-order valence-electron chi connectivity index (χ2n) is 7.23. The molecule has 0 aliphatic rings. The summed E-state index contributed by atoms with van der Waals surface area (Å²) in [6.07, 6.45) is 1.19. The smallest absolute Gasteiger partial charge is 0.254 e. The summed E-state index contributed by atoms with van der Waals surface area (Å²) >= 11 is 0. The normalized spacial score (nSPS) is 10.9. The number of aryl methyl sites for hydroxylation is 1. The monoisotopic (exact) mass is 415 g/mol. The Bertz CT molecular complexity index is 1220. The van der Waals surface area contributed by atoms with E-state index in [1.807, 2.05) is 47.0 Å². The van der Waals surface area contributed by atoms with E-state index in [0.29, 0.717) is 24.9 Å².